The van der Waals surface area contributed by atoms with Crippen molar-refractivity contribution in [1.82, 2.24) is 4.90 Å². The molecule has 0 bridgehead atoms. The first-order valence-electron chi connectivity index (χ1n) is 10.2. The van der Waals surface area contributed by atoms with Gasteiger partial charge in [0.25, 0.3) is 0 Å². The molecule has 0 unspecified atom stereocenters. The van der Waals surface area contributed by atoms with E-state index in [1.54, 1.807) is 0 Å². The molecule has 1 aromatic rings. The van der Waals surface area contributed by atoms with Gasteiger partial charge >= 0.3 is 11.9 Å². The Labute approximate surface area is 168 Å². The molecule has 28 heavy (non-hydrogen) atoms. The minimum absolute atomic E-state index is 0.521. The summed E-state index contributed by atoms with van der Waals surface area (Å²) in [5.41, 5.74) is 2.61. The highest BCUT2D eigenvalue weighted by molar-refractivity contribution is 6.27. The number of nitrogens with zero attached hydrogens (tertiary/aromatic N) is 1. The van der Waals surface area contributed by atoms with Crippen LogP contribution in [0.3, 0.4) is 0 Å². The van der Waals surface area contributed by atoms with Crippen molar-refractivity contribution in [3.05, 3.63) is 29.3 Å². The molecule has 0 atom stereocenters. The molecule has 1 aromatic carbocycles. The number of hydrogen-bond donors (Lipinski definition) is 2. The van der Waals surface area contributed by atoms with Crippen molar-refractivity contribution in [2.75, 3.05) is 26.2 Å². The Morgan fingerprint density at radius 2 is 1.64 bits per heavy atom. The summed E-state index contributed by atoms with van der Waals surface area (Å²) in [6.07, 6.45) is 8.02. The minimum atomic E-state index is -1.82. The van der Waals surface area contributed by atoms with E-state index in [1.807, 2.05) is 0 Å². The maximum Gasteiger partial charge on any atom is 0.414 e. The summed E-state index contributed by atoms with van der Waals surface area (Å²) in [5, 5.41) is 14.8. The van der Waals surface area contributed by atoms with E-state index in [9.17, 15) is 0 Å². The van der Waals surface area contributed by atoms with E-state index < -0.39 is 11.9 Å². The number of aryl methyl sites for hydroxylation is 1. The monoisotopic (exact) mass is 393 g/mol. The smallest absolute Gasteiger partial charge is 0.414 e. The zero-order valence-electron chi connectivity index (χ0n) is 17.4. The van der Waals surface area contributed by atoms with Crippen molar-refractivity contribution >= 4 is 11.9 Å². The van der Waals surface area contributed by atoms with Crippen molar-refractivity contribution in [1.29, 1.82) is 0 Å². The molecule has 0 aromatic heterocycles. The summed E-state index contributed by atoms with van der Waals surface area (Å²) in [7, 11) is 0. The zero-order chi connectivity index (χ0) is 20.9. The van der Waals surface area contributed by atoms with E-state index >= 15 is 0 Å². The molecule has 1 aliphatic rings. The molecule has 0 radical (unpaired) electrons. The second-order valence-electron chi connectivity index (χ2n) is 7.62. The SMILES string of the molecule is Cc1ccc(C(C)C)c(OCCCCN2CCCCCC2)c1.O=C(O)C(=O)O. The zero-order valence-corrected chi connectivity index (χ0v) is 17.4. The summed E-state index contributed by atoms with van der Waals surface area (Å²) in [5.74, 6) is -2.04. The first-order valence-corrected chi connectivity index (χ1v) is 10.2. The Kier molecular flexibility index (Phi) is 11.3. The van der Waals surface area contributed by atoms with Crippen LogP contribution in [0, 0.1) is 6.92 Å². The topological polar surface area (TPSA) is 87.1 Å². The number of hydrogen-bond acceptors (Lipinski definition) is 4. The highest BCUT2D eigenvalue weighted by Crippen LogP contribution is 2.27. The van der Waals surface area contributed by atoms with Crippen molar-refractivity contribution in [2.45, 2.75) is 65.2 Å². The molecule has 1 saturated heterocycles. The lowest BCUT2D eigenvalue weighted by molar-refractivity contribution is -0.159. The Bertz CT molecular complexity index is 595. The van der Waals surface area contributed by atoms with Gasteiger partial charge in [-0.2, -0.15) is 0 Å². The molecule has 0 amide bonds. The fourth-order valence-corrected chi connectivity index (χ4v) is 3.22. The maximum absolute atomic E-state index is 9.10. The third-order valence-corrected chi connectivity index (χ3v) is 4.80. The largest absolute Gasteiger partial charge is 0.493 e. The van der Waals surface area contributed by atoms with Crippen LogP contribution in [0.25, 0.3) is 0 Å². The third kappa shape index (κ3) is 9.74. The quantitative estimate of drug-likeness (QED) is 0.530. The van der Waals surface area contributed by atoms with E-state index in [0.717, 1.165) is 18.8 Å². The summed E-state index contributed by atoms with van der Waals surface area (Å²) < 4.78 is 6.07. The predicted molar refractivity (Wildman–Crippen MR) is 110 cm³/mol. The number of carbonyl (C=O) groups is 2. The summed E-state index contributed by atoms with van der Waals surface area (Å²) >= 11 is 0. The Morgan fingerprint density at radius 3 is 2.18 bits per heavy atom. The van der Waals surface area contributed by atoms with Crippen molar-refractivity contribution < 1.29 is 24.5 Å². The summed E-state index contributed by atoms with van der Waals surface area (Å²) in [6, 6.07) is 6.58. The van der Waals surface area contributed by atoms with Gasteiger partial charge in [0.15, 0.2) is 0 Å². The van der Waals surface area contributed by atoms with E-state index in [-0.39, 0.29) is 0 Å². The molecule has 0 saturated carbocycles. The summed E-state index contributed by atoms with van der Waals surface area (Å²) in [6.45, 7) is 11.3. The highest BCUT2D eigenvalue weighted by atomic mass is 16.5. The molecular weight excluding hydrogens is 358 g/mol. The second kappa shape index (κ2) is 13.2. The fraction of sp³-hybridized carbons (Fsp3) is 0.636. The van der Waals surface area contributed by atoms with Crippen LogP contribution in [0.4, 0.5) is 0 Å². The molecule has 158 valence electrons. The van der Waals surface area contributed by atoms with Crippen LogP contribution in [0.15, 0.2) is 18.2 Å². The van der Waals surface area contributed by atoms with Gasteiger partial charge in [0.1, 0.15) is 5.75 Å². The summed E-state index contributed by atoms with van der Waals surface area (Å²) in [4.78, 5) is 20.8. The Hall–Kier alpha value is -2.08. The van der Waals surface area contributed by atoms with Crippen molar-refractivity contribution in [2.24, 2.45) is 0 Å². The normalized spacial score (nSPS) is 14.7. The molecule has 1 fully saturated rings. The molecule has 2 N–H and O–H groups in total. The molecule has 6 nitrogen and oxygen atoms in total. The lowest BCUT2D eigenvalue weighted by Gasteiger charge is -2.19. The number of ether oxygens (including phenoxy) is 1. The number of carboxylic acids is 2. The molecule has 0 spiro atoms. The van der Waals surface area contributed by atoms with Crippen LogP contribution in [0.5, 0.6) is 5.75 Å². The van der Waals surface area contributed by atoms with Gasteiger partial charge in [0.2, 0.25) is 0 Å². The van der Waals surface area contributed by atoms with E-state index in [1.165, 1.54) is 62.9 Å². The fourth-order valence-electron chi connectivity index (χ4n) is 3.22. The number of unbranched alkanes of at least 4 members (excludes halogenated alkanes) is 1. The standard InChI is InChI=1S/C20H33NO.C2H2O4/c1-17(2)19-11-10-18(3)16-20(19)22-15-9-8-14-21-12-6-4-5-7-13-21;3-1(4)2(5)6/h10-11,16-17H,4-9,12-15H2,1-3H3;(H,3,4)(H,5,6). The predicted octanol–water partition coefficient (Wildman–Crippen LogP) is 4.31. The number of likely N-dealkylation sites (tertiary alicyclic amines) is 1. The van der Waals surface area contributed by atoms with Gasteiger partial charge in [-0.3, -0.25) is 0 Å². The van der Waals surface area contributed by atoms with Crippen LogP contribution in [-0.4, -0.2) is 53.3 Å². The number of carboxylic acid groups (broad SMARTS) is 2. The first-order chi connectivity index (χ1) is 13.3. The lowest BCUT2D eigenvalue weighted by Crippen LogP contribution is -2.25. The maximum atomic E-state index is 9.10. The first kappa shape index (κ1) is 24.0. The number of benzene rings is 1. The molecule has 1 aliphatic heterocycles. The highest BCUT2D eigenvalue weighted by Gasteiger charge is 2.10. The van der Waals surface area contributed by atoms with Gasteiger partial charge in [-0.05, 0) is 75.4 Å². The minimum Gasteiger partial charge on any atom is -0.493 e. The van der Waals surface area contributed by atoms with Gasteiger partial charge in [-0.1, -0.05) is 38.8 Å². The van der Waals surface area contributed by atoms with Gasteiger partial charge in [0, 0.05) is 0 Å². The second-order valence-corrected chi connectivity index (χ2v) is 7.62. The van der Waals surface area contributed by atoms with E-state index in [0.29, 0.717) is 5.92 Å². The Balaban J connectivity index is 0.000000568. The average Bonchev–Trinajstić information content (AvgIpc) is 2.90. The van der Waals surface area contributed by atoms with Crippen molar-refractivity contribution in [3.8, 4) is 5.75 Å². The van der Waals surface area contributed by atoms with Gasteiger partial charge in [0.05, 0.1) is 6.61 Å². The van der Waals surface area contributed by atoms with Crippen LogP contribution >= 0.6 is 0 Å². The third-order valence-electron chi connectivity index (χ3n) is 4.80. The van der Waals surface area contributed by atoms with Gasteiger partial charge < -0.3 is 19.8 Å². The van der Waals surface area contributed by atoms with Gasteiger partial charge in [-0.25, -0.2) is 9.59 Å². The molecule has 6 heteroatoms. The molecular formula is C22H35NO5. The van der Waals surface area contributed by atoms with Crippen LogP contribution < -0.4 is 4.74 Å². The molecule has 1 heterocycles. The van der Waals surface area contributed by atoms with Crippen molar-refractivity contribution in [3.63, 3.8) is 0 Å². The van der Waals surface area contributed by atoms with Crippen LogP contribution in [-0.2, 0) is 9.59 Å². The Morgan fingerprint density at radius 1 is 1.04 bits per heavy atom. The van der Waals surface area contributed by atoms with E-state index in [2.05, 4.69) is 43.9 Å². The lowest BCUT2D eigenvalue weighted by atomic mass is 10.0. The van der Waals surface area contributed by atoms with Gasteiger partial charge in [-0.15, -0.1) is 0 Å². The number of rotatable bonds is 7. The molecule has 0 aliphatic carbocycles. The van der Waals surface area contributed by atoms with Crippen LogP contribution in [0.1, 0.15) is 69.4 Å². The molecule has 2 rings (SSSR count). The number of aliphatic carboxylic acids is 2. The van der Waals surface area contributed by atoms with Crippen LogP contribution in [0.2, 0.25) is 0 Å². The average molecular weight is 394 g/mol. The van der Waals surface area contributed by atoms with E-state index in [4.69, 9.17) is 24.5 Å².